The SMILES string of the molecule is CC(C)CCCO[Si](C)(C)C(C)C. The summed E-state index contributed by atoms with van der Waals surface area (Å²) >= 11 is 0. The highest BCUT2D eigenvalue weighted by Crippen LogP contribution is 2.21. The Hall–Kier alpha value is 0.177. The molecule has 0 aliphatic rings. The predicted molar refractivity (Wildman–Crippen MR) is 62.6 cm³/mol. The van der Waals surface area contributed by atoms with Gasteiger partial charge < -0.3 is 4.43 Å². The molecule has 0 heterocycles. The van der Waals surface area contributed by atoms with E-state index in [4.69, 9.17) is 4.43 Å². The van der Waals surface area contributed by atoms with Crippen LogP contribution in [0.25, 0.3) is 0 Å². The van der Waals surface area contributed by atoms with E-state index in [0.29, 0.717) is 0 Å². The molecule has 0 aromatic carbocycles. The molecule has 0 unspecified atom stereocenters. The van der Waals surface area contributed by atoms with Gasteiger partial charge in [0.05, 0.1) is 0 Å². The Morgan fingerprint density at radius 1 is 1.08 bits per heavy atom. The van der Waals surface area contributed by atoms with E-state index >= 15 is 0 Å². The van der Waals surface area contributed by atoms with Crippen molar-refractivity contribution in [3.63, 3.8) is 0 Å². The van der Waals surface area contributed by atoms with Crippen LogP contribution in [-0.4, -0.2) is 14.9 Å². The number of hydrogen-bond donors (Lipinski definition) is 0. The van der Waals surface area contributed by atoms with Gasteiger partial charge in [0.25, 0.3) is 0 Å². The molecular weight excluding hydrogens is 176 g/mol. The highest BCUT2D eigenvalue weighted by molar-refractivity contribution is 6.72. The van der Waals surface area contributed by atoms with Crippen molar-refractivity contribution < 1.29 is 4.43 Å². The van der Waals surface area contributed by atoms with Gasteiger partial charge in [0.2, 0.25) is 0 Å². The second kappa shape index (κ2) is 5.81. The second-order valence-corrected chi connectivity index (χ2v) is 9.79. The molecular formula is C11H26OSi. The van der Waals surface area contributed by atoms with Gasteiger partial charge >= 0.3 is 0 Å². The van der Waals surface area contributed by atoms with Crippen molar-refractivity contribution >= 4 is 8.32 Å². The molecule has 80 valence electrons. The van der Waals surface area contributed by atoms with E-state index in [2.05, 4.69) is 40.8 Å². The lowest BCUT2D eigenvalue weighted by Crippen LogP contribution is -2.34. The van der Waals surface area contributed by atoms with Gasteiger partial charge in [-0.25, -0.2) is 0 Å². The molecule has 0 aliphatic carbocycles. The highest BCUT2D eigenvalue weighted by atomic mass is 28.4. The number of hydrogen-bond acceptors (Lipinski definition) is 1. The molecule has 0 spiro atoms. The van der Waals surface area contributed by atoms with Gasteiger partial charge in [-0.2, -0.15) is 0 Å². The smallest absolute Gasteiger partial charge is 0.189 e. The Balaban J connectivity index is 3.52. The molecule has 0 amide bonds. The Kier molecular flexibility index (Phi) is 5.89. The Morgan fingerprint density at radius 2 is 1.62 bits per heavy atom. The molecule has 13 heavy (non-hydrogen) atoms. The van der Waals surface area contributed by atoms with Gasteiger partial charge in [0.15, 0.2) is 8.32 Å². The zero-order valence-corrected chi connectivity index (χ0v) is 11.2. The van der Waals surface area contributed by atoms with Crippen molar-refractivity contribution in [2.75, 3.05) is 6.61 Å². The van der Waals surface area contributed by atoms with E-state index in [1.54, 1.807) is 0 Å². The van der Waals surface area contributed by atoms with Gasteiger partial charge in [0, 0.05) is 6.61 Å². The summed E-state index contributed by atoms with van der Waals surface area (Å²) in [6.07, 6.45) is 2.52. The van der Waals surface area contributed by atoms with Gasteiger partial charge in [-0.1, -0.05) is 27.7 Å². The zero-order valence-electron chi connectivity index (χ0n) is 10.2. The quantitative estimate of drug-likeness (QED) is 0.466. The molecule has 0 aliphatic heterocycles. The van der Waals surface area contributed by atoms with Crippen LogP contribution in [0, 0.1) is 5.92 Å². The first kappa shape index (κ1) is 13.2. The van der Waals surface area contributed by atoms with E-state index in [1.165, 1.54) is 12.8 Å². The summed E-state index contributed by atoms with van der Waals surface area (Å²) in [5, 5.41) is 0. The molecule has 0 radical (unpaired) electrons. The Labute approximate surface area is 85.0 Å². The minimum Gasteiger partial charge on any atom is -0.417 e. The van der Waals surface area contributed by atoms with Crippen molar-refractivity contribution in [2.24, 2.45) is 5.92 Å². The summed E-state index contributed by atoms with van der Waals surface area (Å²) in [7, 11) is -1.35. The average molecular weight is 202 g/mol. The van der Waals surface area contributed by atoms with Crippen LogP contribution in [0.5, 0.6) is 0 Å². The van der Waals surface area contributed by atoms with Gasteiger partial charge in [-0.15, -0.1) is 0 Å². The van der Waals surface area contributed by atoms with Crippen LogP contribution < -0.4 is 0 Å². The third-order valence-corrected chi connectivity index (χ3v) is 6.52. The van der Waals surface area contributed by atoms with Crippen LogP contribution in [0.2, 0.25) is 18.6 Å². The molecule has 0 aromatic rings. The fourth-order valence-corrected chi connectivity index (χ4v) is 2.00. The number of rotatable bonds is 6. The van der Waals surface area contributed by atoms with Crippen molar-refractivity contribution in [3.05, 3.63) is 0 Å². The molecule has 0 fully saturated rings. The molecule has 0 aromatic heterocycles. The molecule has 0 saturated carbocycles. The van der Waals surface area contributed by atoms with Crippen LogP contribution in [0.1, 0.15) is 40.5 Å². The lowest BCUT2D eigenvalue weighted by molar-refractivity contribution is 0.283. The van der Waals surface area contributed by atoms with E-state index in [-0.39, 0.29) is 0 Å². The maximum atomic E-state index is 5.98. The second-order valence-electron chi connectivity index (χ2n) is 5.14. The van der Waals surface area contributed by atoms with Crippen molar-refractivity contribution in [3.8, 4) is 0 Å². The van der Waals surface area contributed by atoms with Crippen LogP contribution in [-0.2, 0) is 4.43 Å². The zero-order chi connectivity index (χ0) is 10.5. The monoisotopic (exact) mass is 202 g/mol. The largest absolute Gasteiger partial charge is 0.417 e. The summed E-state index contributed by atoms with van der Waals surface area (Å²) < 4.78 is 5.98. The summed E-state index contributed by atoms with van der Waals surface area (Å²) in [6.45, 7) is 14.7. The van der Waals surface area contributed by atoms with E-state index in [0.717, 1.165) is 18.1 Å². The summed E-state index contributed by atoms with van der Waals surface area (Å²) in [5.41, 5.74) is 0.728. The Bertz CT molecular complexity index is 130. The normalized spacial score (nSPS) is 12.9. The molecule has 0 rings (SSSR count). The third-order valence-electron chi connectivity index (χ3n) is 2.79. The standard InChI is InChI=1S/C11H26OSi/c1-10(2)8-7-9-12-13(5,6)11(3)4/h10-11H,7-9H2,1-6H3. The lowest BCUT2D eigenvalue weighted by atomic mass is 10.1. The fraction of sp³-hybridized carbons (Fsp3) is 1.00. The van der Waals surface area contributed by atoms with Crippen LogP contribution in [0.3, 0.4) is 0 Å². The van der Waals surface area contributed by atoms with Crippen molar-refractivity contribution in [1.82, 2.24) is 0 Å². The van der Waals surface area contributed by atoms with Crippen molar-refractivity contribution in [2.45, 2.75) is 59.2 Å². The van der Waals surface area contributed by atoms with Crippen LogP contribution >= 0.6 is 0 Å². The molecule has 0 bridgehead atoms. The summed E-state index contributed by atoms with van der Waals surface area (Å²) in [6, 6.07) is 0. The lowest BCUT2D eigenvalue weighted by Gasteiger charge is -2.27. The summed E-state index contributed by atoms with van der Waals surface area (Å²) in [5.74, 6) is 0.812. The van der Waals surface area contributed by atoms with Crippen LogP contribution in [0.15, 0.2) is 0 Å². The van der Waals surface area contributed by atoms with Crippen molar-refractivity contribution in [1.29, 1.82) is 0 Å². The Morgan fingerprint density at radius 3 is 2.00 bits per heavy atom. The van der Waals surface area contributed by atoms with Gasteiger partial charge in [-0.05, 0) is 37.4 Å². The molecule has 1 nitrogen and oxygen atoms in total. The average Bonchev–Trinajstić information content (AvgIpc) is 1.97. The predicted octanol–water partition coefficient (Wildman–Crippen LogP) is 4.05. The maximum absolute atomic E-state index is 5.98. The summed E-state index contributed by atoms with van der Waals surface area (Å²) in [4.78, 5) is 0. The highest BCUT2D eigenvalue weighted by Gasteiger charge is 2.26. The molecule has 0 N–H and O–H groups in total. The molecule has 0 saturated heterocycles. The van der Waals surface area contributed by atoms with Gasteiger partial charge in [0.1, 0.15) is 0 Å². The maximum Gasteiger partial charge on any atom is 0.189 e. The minimum absolute atomic E-state index is 0.728. The van der Waals surface area contributed by atoms with E-state index in [9.17, 15) is 0 Å². The first-order valence-electron chi connectivity index (χ1n) is 5.50. The minimum atomic E-state index is -1.35. The topological polar surface area (TPSA) is 9.23 Å². The van der Waals surface area contributed by atoms with Crippen LogP contribution in [0.4, 0.5) is 0 Å². The fourth-order valence-electron chi connectivity index (χ4n) is 0.993. The molecule has 2 heteroatoms. The third kappa shape index (κ3) is 6.27. The molecule has 0 atom stereocenters. The van der Waals surface area contributed by atoms with E-state index in [1.807, 2.05) is 0 Å². The first-order valence-corrected chi connectivity index (χ1v) is 8.48. The first-order chi connectivity index (χ1) is 5.86. The van der Waals surface area contributed by atoms with Gasteiger partial charge in [-0.3, -0.25) is 0 Å². The van der Waals surface area contributed by atoms with E-state index < -0.39 is 8.32 Å².